The van der Waals surface area contributed by atoms with Crippen LogP contribution >= 0.6 is 0 Å². The number of nitrogens with one attached hydrogen (secondary N) is 2. The molecule has 3 aromatic heterocycles. The van der Waals surface area contributed by atoms with Crippen molar-refractivity contribution in [3.63, 3.8) is 0 Å². The summed E-state index contributed by atoms with van der Waals surface area (Å²) < 4.78 is 46.0. The molecule has 2 N–H and O–H groups in total. The Kier molecular flexibility index (Phi) is 7.09. The van der Waals surface area contributed by atoms with Gasteiger partial charge < -0.3 is 15.4 Å². The third-order valence-electron chi connectivity index (χ3n) is 5.01. The van der Waals surface area contributed by atoms with Gasteiger partial charge in [-0.3, -0.25) is 14.2 Å². The Balaban J connectivity index is 1.65. The summed E-state index contributed by atoms with van der Waals surface area (Å²) in [6.07, 6.45) is -1.89. The Bertz CT molecular complexity index is 1520. The molecule has 37 heavy (non-hydrogen) atoms. The Morgan fingerprint density at radius 2 is 1.84 bits per heavy atom. The van der Waals surface area contributed by atoms with E-state index in [9.17, 15) is 22.8 Å². The van der Waals surface area contributed by atoms with Gasteiger partial charge in [0.2, 0.25) is 11.9 Å². The molecule has 0 saturated heterocycles. The topological polar surface area (TPSA) is 111 Å². The van der Waals surface area contributed by atoms with Crippen LogP contribution in [0.5, 0.6) is 11.5 Å². The van der Waals surface area contributed by atoms with Crippen molar-refractivity contribution in [3.8, 4) is 22.8 Å². The van der Waals surface area contributed by atoms with E-state index in [2.05, 4.69) is 25.6 Å². The molecule has 1 aromatic carbocycles. The molecular weight excluding hydrogens is 489 g/mol. The molecule has 4 aromatic rings. The average Bonchev–Trinajstić information content (AvgIpc) is 2.80. The van der Waals surface area contributed by atoms with Crippen LogP contribution in [0.3, 0.4) is 0 Å². The number of alkyl halides is 3. The minimum Gasteiger partial charge on any atom is -0.457 e. The highest BCUT2D eigenvalue weighted by molar-refractivity contribution is 5.87. The van der Waals surface area contributed by atoms with E-state index in [4.69, 9.17) is 4.74 Å². The first-order valence-corrected chi connectivity index (χ1v) is 11.2. The quantitative estimate of drug-likeness (QED) is 0.359. The number of hydrogen-bond acceptors (Lipinski definition) is 7. The molecule has 0 radical (unpaired) electrons. The largest absolute Gasteiger partial charge is 0.457 e. The SMILES string of the molecule is CC(=O)Nc1cc(Oc2ccc3nc(-c4cnc(NC(C)C)n(CC(F)(F)F)c4=O)ccc3c2)ccn1. The van der Waals surface area contributed by atoms with Crippen molar-refractivity contribution < 1.29 is 22.7 Å². The molecule has 0 bridgehead atoms. The van der Waals surface area contributed by atoms with Crippen molar-refractivity contribution in [2.45, 2.75) is 39.5 Å². The van der Waals surface area contributed by atoms with Gasteiger partial charge in [-0.2, -0.15) is 13.2 Å². The summed E-state index contributed by atoms with van der Waals surface area (Å²) in [5.74, 6) is 0.857. The summed E-state index contributed by atoms with van der Waals surface area (Å²) in [7, 11) is 0. The molecule has 4 rings (SSSR count). The third kappa shape index (κ3) is 6.40. The molecule has 1 amide bonds. The fourth-order valence-electron chi connectivity index (χ4n) is 3.54. The summed E-state index contributed by atoms with van der Waals surface area (Å²) in [6, 6.07) is 11.3. The lowest BCUT2D eigenvalue weighted by Crippen LogP contribution is -2.33. The first kappa shape index (κ1) is 25.6. The fourth-order valence-corrected chi connectivity index (χ4v) is 3.54. The second-order valence-corrected chi connectivity index (χ2v) is 8.51. The minimum atomic E-state index is -4.61. The van der Waals surface area contributed by atoms with E-state index in [1.807, 2.05) is 0 Å². The number of aromatic nitrogens is 4. The molecule has 12 heteroatoms. The molecule has 0 atom stereocenters. The number of nitrogens with zero attached hydrogens (tertiary/aromatic N) is 4. The Morgan fingerprint density at radius 1 is 1.08 bits per heavy atom. The second-order valence-electron chi connectivity index (χ2n) is 8.51. The van der Waals surface area contributed by atoms with Crippen molar-refractivity contribution in [1.82, 2.24) is 19.5 Å². The van der Waals surface area contributed by atoms with E-state index in [0.29, 0.717) is 32.8 Å². The van der Waals surface area contributed by atoms with Crippen LogP contribution in [0.2, 0.25) is 0 Å². The van der Waals surface area contributed by atoms with Gasteiger partial charge in [0.25, 0.3) is 5.56 Å². The van der Waals surface area contributed by atoms with Crippen molar-refractivity contribution in [2.24, 2.45) is 0 Å². The number of anilines is 2. The number of hydrogen-bond donors (Lipinski definition) is 2. The third-order valence-corrected chi connectivity index (χ3v) is 5.01. The van der Waals surface area contributed by atoms with E-state index in [0.717, 1.165) is 0 Å². The predicted molar refractivity (Wildman–Crippen MR) is 133 cm³/mol. The normalized spacial score (nSPS) is 11.5. The lowest BCUT2D eigenvalue weighted by molar-refractivity contribution is -0.141. The molecule has 0 spiro atoms. The molecule has 0 fully saturated rings. The van der Waals surface area contributed by atoms with E-state index < -0.39 is 18.3 Å². The predicted octanol–water partition coefficient (Wildman–Crippen LogP) is 4.99. The van der Waals surface area contributed by atoms with Crippen molar-refractivity contribution in [1.29, 1.82) is 0 Å². The van der Waals surface area contributed by atoms with Gasteiger partial charge in [0, 0.05) is 36.8 Å². The molecule has 0 saturated carbocycles. The van der Waals surface area contributed by atoms with Gasteiger partial charge >= 0.3 is 6.18 Å². The van der Waals surface area contributed by atoms with Gasteiger partial charge in [-0.1, -0.05) is 6.07 Å². The van der Waals surface area contributed by atoms with E-state index in [1.54, 1.807) is 56.3 Å². The zero-order valence-corrected chi connectivity index (χ0v) is 20.1. The smallest absolute Gasteiger partial charge is 0.406 e. The van der Waals surface area contributed by atoms with Crippen LogP contribution < -0.4 is 20.9 Å². The van der Waals surface area contributed by atoms with Crippen molar-refractivity contribution in [2.75, 3.05) is 10.6 Å². The Morgan fingerprint density at radius 3 is 2.54 bits per heavy atom. The van der Waals surface area contributed by atoms with Gasteiger partial charge in [0.05, 0.1) is 16.8 Å². The maximum Gasteiger partial charge on any atom is 0.406 e. The first-order valence-electron chi connectivity index (χ1n) is 11.2. The van der Waals surface area contributed by atoms with Crippen LogP contribution in [0.1, 0.15) is 20.8 Å². The molecule has 0 aliphatic rings. The van der Waals surface area contributed by atoms with Gasteiger partial charge in [-0.05, 0) is 44.2 Å². The van der Waals surface area contributed by atoms with Gasteiger partial charge in [-0.25, -0.2) is 15.0 Å². The number of rotatable bonds is 7. The van der Waals surface area contributed by atoms with Crippen LogP contribution in [0.25, 0.3) is 22.2 Å². The lowest BCUT2D eigenvalue weighted by atomic mass is 10.1. The number of pyridine rings is 2. The Hall–Kier alpha value is -4.48. The monoisotopic (exact) mass is 512 g/mol. The molecule has 0 unspecified atom stereocenters. The van der Waals surface area contributed by atoms with Crippen LogP contribution in [-0.2, 0) is 11.3 Å². The Labute approximate surface area is 209 Å². The number of benzene rings is 1. The summed E-state index contributed by atoms with van der Waals surface area (Å²) in [6.45, 7) is 3.36. The highest BCUT2D eigenvalue weighted by atomic mass is 19.4. The van der Waals surface area contributed by atoms with E-state index in [-0.39, 0.29) is 29.2 Å². The number of carbonyl (C=O) groups excluding carboxylic acids is 1. The summed E-state index contributed by atoms with van der Waals surface area (Å²) in [5.41, 5.74) is -0.206. The maximum absolute atomic E-state index is 13.2. The number of amides is 1. The summed E-state index contributed by atoms with van der Waals surface area (Å²) in [5, 5.41) is 6.03. The summed E-state index contributed by atoms with van der Waals surface area (Å²) >= 11 is 0. The second kappa shape index (κ2) is 10.2. The number of fused-ring (bicyclic) bond motifs is 1. The maximum atomic E-state index is 13.2. The van der Waals surface area contributed by atoms with Crippen LogP contribution in [0, 0.1) is 0 Å². The van der Waals surface area contributed by atoms with Gasteiger partial charge in [0.15, 0.2) is 0 Å². The molecule has 0 aliphatic heterocycles. The van der Waals surface area contributed by atoms with E-state index in [1.165, 1.54) is 19.3 Å². The van der Waals surface area contributed by atoms with E-state index >= 15 is 0 Å². The van der Waals surface area contributed by atoms with Gasteiger partial charge in [-0.15, -0.1) is 0 Å². The zero-order chi connectivity index (χ0) is 26.7. The molecule has 192 valence electrons. The van der Waals surface area contributed by atoms with Crippen LogP contribution in [-0.4, -0.2) is 37.6 Å². The summed E-state index contributed by atoms with van der Waals surface area (Å²) in [4.78, 5) is 36.8. The standard InChI is InChI=1S/C25H23F3N6O3/c1-14(2)31-24-30-12-19(23(36)34(24)13-25(26,27)28)21-6-4-16-10-17(5-7-20(16)33-21)37-18-8-9-29-22(11-18)32-15(3)35/h4-12,14H,13H2,1-3H3,(H,30,31)(H,29,32,35). The highest BCUT2D eigenvalue weighted by Crippen LogP contribution is 2.28. The van der Waals surface area contributed by atoms with Crippen LogP contribution in [0.4, 0.5) is 24.9 Å². The van der Waals surface area contributed by atoms with Crippen molar-refractivity contribution in [3.05, 3.63) is 65.2 Å². The minimum absolute atomic E-state index is 0.0527. The molecule has 9 nitrogen and oxygen atoms in total. The van der Waals surface area contributed by atoms with Crippen LogP contribution in [0.15, 0.2) is 59.7 Å². The number of carbonyl (C=O) groups is 1. The number of ether oxygens (including phenoxy) is 1. The number of halogens is 3. The molecule has 3 heterocycles. The zero-order valence-electron chi connectivity index (χ0n) is 20.1. The molecule has 0 aliphatic carbocycles. The lowest BCUT2D eigenvalue weighted by Gasteiger charge is -2.18. The van der Waals surface area contributed by atoms with Gasteiger partial charge in [0.1, 0.15) is 23.9 Å². The van der Waals surface area contributed by atoms with Crippen molar-refractivity contribution >= 4 is 28.6 Å². The first-order chi connectivity index (χ1) is 17.5. The molecular formula is C25H23F3N6O3. The highest BCUT2D eigenvalue weighted by Gasteiger charge is 2.31. The fraction of sp³-hybridized carbons (Fsp3) is 0.240. The average molecular weight is 512 g/mol.